The Bertz CT molecular complexity index is 1460. The molecule has 2 aromatic heterocycles. The molecule has 4 aromatic rings. The standard InChI is InChI=1S/C26H23N5O2/c1-15(2)23-18-9-4-3-7-16(18)13-21(28-23)25(33)31-26-29-20-11-5-10-19(24(20)30-26)22(32)14-17-8-6-12-27-17/h3-7,9-13,15H,8,14H2,1-2H3,(H2,29,30,31,33). The van der Waals surface area contributed by atoms with Crippen LogP contribution in [0.2, 0.25) is 0 Å². The van der Waals surface area contributed by atoms with Crippen LogP contribution < -0.4 is 5.32 Å². The number of pyridine rings is 1. The Kier molecular flexibility index (Phi) is 5.30. The van der Waals surface area contributed by atoms with E-state index in [1.807, 2.05) is 36.4 Å². The molecule has 0 saturated heterocycles. The minimum absolute atomic E-state index is 0.0507. The summed E-state index contributed by atoms with van der Waals surface area (Å²) in [5.74, 6) is 0.0319. The average molecular weight is 438 g/mol. The van der Waals surface area contributed by atoms with Gasteiger partial charge in [-0.25, -0.2) is 9.97 Å². The molecule has 0 saturated carbocycles. The van der Waals surface area contributed by atoms with E-state index in [9.17, 15) is 9.59 Å². The lowest BCUT2D eigenvalue weighted by Crippen LogP contribution is -2.16. The third-order valence-electron chi connectivity index (χ3n) is 5.68. The number of rotatable bonds is 6. The van der Waals surface area contributed by atoms with Gasteiger partial charge in [0.15, 0.2) is 5.78 Å². The van der Waals surface area contributed by atoms with E-state index in [0.29, 0.717) is 28.7 Å². The first kappa shape index (κ1) is 20.8. The van der Waals surface area contributed by atoms with Gasteiger partial charge in [0.2, 0.25) is 5.95 Å². The number of hydrogen-bond donors (Lipinski definition) is 2. The van der Waals surface area contributed by atoms with Crippen LogP contribution in [0.15, 0.2) is 65.8 Å². The summed E-state index contributed by atoms with van der Waals surface area (Å²) in [5.41, 5.74) is 3.74. The van der Waals surface area contributed by atoms with E-state index >= 15 is 0 Å². The van der Waals surface area contributed by atoms with Crippen molar-refractivity contribution in [2.24, 2.45) is 4.99 Å². The van der Waals surface area contributed by atoms with Crippen LogP contribution in [0.4, 0.5) is 5.95 Å². The number of aromatic nitrogens is 3. The monoisotopic (exact) mass is 437 g/mol. The number of anilines is 1. The summed E-state index contributed by atoms with van der Waals surface area (Å²) in [6.45, 7) is 4.11. The van der Waals surface area contributed by atoms with Gasteiger partial charge in [0.25, 0.3) is 5.91 Å². The van der Waals surface area contributed by atoms with Gasteiger partial charge in [-0.15, -0.1) is 0 Å². The topological polar surface area (TPSA) is 100 Å². The summed E-state index contributed by atoms with van der Waals surface area (Å²) in [7, 11) is 0. The molecule has 0 aliphatic carbocycles. The molecule has 3 heterocycles. The van der Waals surface area contributed by atoms with Crippen LogP contribution in [-0.2, 0) is 0 Å². The number of nitrogens with one attached hydrogen (secondary N) is 2. The third-order valence-corrected chi connectivity index (χ3v) is 5.68. The van der Waals surface area contributed by atoms with Crippen molar-refractivity contribution in [1.82, 2.24) is 15.0 Å². The van der Waals surface area contributed by atoms with E-state index in [4.69, 9.17) is 0 Å². The first-order valence-electron chi connectivity index (χ1n) is 10.9. The second kappa shape index (κ2) is 8.43. The summed E-state index contributed by atoms with van der Waals surface area (Å²) in [6, 6.07) is 15.1. The van der Waals surface area contributed by atoms with Gasteiger partial charge in [0, 0.05) is 35.7 Å². The molecule has 0 unspecified atom stereocenters. The number of imidazole rings is 1. The second-order valence-electron chi connectivity index (χ2n) is 8.39. The molecule has 1 aliphatic rings. The largest absolute Gasteiger partial charge is 0.324 e. The third kappa shape index (κ3) is 4.05. The van der Waals surface area contributed by atoms with Crippen LogP contribution in [0.1, 0.15) is 59.1 Å². The maximum Gasteiger partial charge on any atom is 0.276 e. The first-order chi connectivity index (χ1) is 16.0. The molecule has 0 atom stereocenters. The fourth-order valence-electron chi connectivity index (χ4n) is 4.07. The van der Waals surface area contributed by atoms with Gasteiger partial charge in [-0.1, -0.05) is 50.3 Å². The molecular weight excluding hydrogens is 414 g/mol. The fourth-order valence-corrected chi connectivity index (χ4v) is 4.07. The van der Waals surface area contributed by atoms with Gasteiger partial charge in [0.1, 0.15) is 11.2 Å². The number of carbonyl (C=O) groups is 2. The van der Waals surface area contributed by atoms with Crippen molar-refractivity contribution < 1.29 is 9.59 Å². The van der Waals surface area contributed by atoms with E-state index < -0.39 is 0 Å². The maximum atomic E-state index is 13.0. The molecule has 7 nitrogen and oxygen atoms in total. The highest BCUT2D eigenvalue weighted by Gasteiger charge is 2.19. The Hall–Kier alpha value is -4.13. The van der Waals surface area contributed by atoms with Crippen molar-refractivity contribution >= 4 is 45.2 Å². The quantitative estimate of drug-likeness (QED) is 0.394. The smallest absolute Gasteiger partial charge is 0.276 e. The van der Waals surface area contributed by atoms with E-state index in [0.717, 1.165) is 22.2 Å². The highest BCUT2D eigenvalue weighted by molar-refractivity contribution is 6.15. The molecule has 5 rings (SSSR count). The molecule has 2 aromatic carbocycles. The number of ketones is 1. The average Bonchev–Trinajstić information content (AvgIpc) is 3.47. The number of carbonyl (C=O) groups excluding carboxylic acids is 2. The normalized spacial score (nSPS) is 13.1. The highest BCUT2D eigenvalue weighted by atomic mass is 16.2. The SMILES string of the molecule is CC(C)c1nc(C(=O)Nc2nc3c(C(=O)CC4=NC=CC4)cccc3[nH]2)cc2ccccc12. The zero-order valence-corrected chi connectivity index (χ0v) is 18.4. The van der Waals surface area contributed by atoms with Crippen molar-refractivity contribution in [2.75, 3.05) is 5.32 Å². The van der Waals surface area contributed by atoms with Crippen molar-refractivity contribution in [1.29, 1.82) is 0 Å². The molecule has 33 heavy (non-hydrogen) atoms. The van der Waals surface area contributed by atoms with Gasteiger partial charge in [-0.3, -0.25) is 19.9 Å². The Balaban J connectivity index is 1.44. The van der Waals surface area contributed by atoms with Gasteiger partial charge in [0.05, 0.1) is 11.2 Å². The zero-order chi connectivity index (χ0) is 22.9. The predicted octanol–water partition coefficient (Wildman–Crippen LogP) is 5.42. The number of allylic oxidation sites excluding steroid dienone is 1. The number of hydrogen-bond acceptors (Lipinski definition) is 5. The van der Waals surface area contributed by atoms with Crippen LogP contribution >= 0.6 is 0 Å². The summed E-state index contributed by atoms with van der Waals surface area (Å²) in [6.07, 6.45) is 4.59. The van der Waals surface area contributed by atoms with Gasteiger partial charge in [-0.05, 0) is 29.5 Å². The molecule has 1 amide bonds. The van der Waals surface area contributed by atoms with Crippen LogP contribution in [0.3, 0.4) is 0 Å². The van der Waals surface area contributed by atoms with Gasteiger partial charge in [-0.2, -0.15) is 0 Å². The van der Waals surface area contributed by atoms with Crippen molar-refractivity contribution in [3.8, 4) is 0 Å². The highest BCUT2D eigenvalue weighted by Crippen LogP contribution is 2.25. The molecule has 0 spiro atoms. The Labute approximate surface area is 190 Å². The maximum absolute atomic E-state index is 13.0. The predicted molar refractivity (Wildman–Crippen MR) is 130 cm³/mol. The Morgan fingerprint density at radius 1 is 1.09 bits per heavy atom. The second-order valence-corrected chi connectivity index (χ2v) is 8.39. The number of amides is 1. The summed E-state index contributed by atoms with van der Waals surface area (Å²) >= 11 is 0. The molecule has 1 aliphatic heterocycles. The van der Waals surface area contributed by atoms with Crippen LogP contribution in [0.5, 0.6) is 0 Å². The minimum Gasteiger partial charge on any atom is -0.324 e. The number of Topliss-reactive ketones (excluding diaryl/α,β-unsaturated/α-hetero) is 1. The molecule has 7 heteroatoms. The molecule has 2 N–H and O–H groups in total. The number of H-pyrrole nitrogens is 1. The summed E-state index contributed by atoms with van der Waals surface area (Å²) < 4.78 is 0. The van der Waals surface area contributed by atoms with Crippen molar-refractivity contribution in [2.45, 2.75) is 32.6 Å². The number of aliphatic imine (C=N–C) groups is 1. The fraction of sp³-hybridized carbons (Fsp3) is 0.192. The van der Waals surface area contributed by atoms with Crippen LogP contribution in [0.25, 0.3) is 21.8 Å². The van der Waals surface area contributed by atoms with Gasteiger partial charge >= 0.3 is 0 Å². The number of benzene rings is 2. The van der Waals surface area contributed by atoms with E-state index in [1.54, 1.807) is 24.4 Å². The molecule has 164 valence electrons. The lowest BCUT2D eigenvalue weighted by Gasteiger charge is -2.11. The minimum atomic E-state index is -0.360. The summed E-state index contributed by atoms with van der Waals surface area (Å²) in [4.78, 5) is 42.3. The zero-order valence-electron chi connectivity index (χ0n) is 18.4. The Morgan fingerprint density at radius 3 is 2.73 bits per heavy atom. The lowest BCUT2D eigenvalue weighted by atomic mass is 10.0. The first-order valence-corrected chi connectivity index (χ1v) is 10.9. The molecule has 0 radical (unpaired) electrons. The van der Waals surface area contributed by atoms with E-state index in [-0.39, 0.29) is 30.0 Å². The number of aromatic amines is 1. The van der Waals surface area contributed by atoms with Crippen LogP contribution in [0, 0.1) is 0 Å². The molecule has 0 bridgehead atoms. The van der Waals surface area contributed by atoms with Crippen molar-refractivity contribution in [3.63, 3.8) is 0 Å². The molecule has 0 fully saturated rings. The lowest BCUT2D eigenvalue weighted by molar-refractivity contribution is 0.0998. The summed E-state index contributed by atoms with van der Waals surface area (Å²) in [5, 5.41) is 4.81. The van der Waals surface area contributed by atoms with Crippen LogP contribution in [-0.4, -0.2) is 32.4 Å². The number of para-hydroxylation sites is 1. The number of nitrogens with zero attached hydrogens (tertiary/aromatic N) is 3. The van der Waals surface area contributed by atoms with E-state index in [1.165, 1.54) is 0 Å². The van der Waals surface area contributed by atoms with Crippen molar-refractivity contribution in [3.05, 3.63) is 77.8 Å². The Morgan fingerprint density at radius 2 is 1.94 bits per heavy atom. The van der Waals surface area contributed by atoms with Gasteiger partial charge < -0.3 is 4.98 Å². The molecular formula is C26H23N5O2. The van der Waals surface area contributed by atoms with E-state index in [2.05, 4.69) is 39.1 Å². The number of fused-ring (bicyclic) bond motifs is 2.